The van der Waals surface area contributed by atoms with Crippen molar-refractivity contribution in [1.29, 1.82) is 0 Å². The maximum absolute atomic E-state index is 12.1. The first-order chi connectivity index (χ1) is 13.8. The number of hydrazone groups is 1. The number of amides is 2. The number of benzene rings is 2. The van der Waals surface area contributed by atoms with Crippen LogP contribution >= 0.6 is 11.8 Å². The Hall–Kier alpha value is -3.57. The molecular formula is C18H20N6O4S. The molecule has 2 rings (SSSR count). The van der Waals surface area contributed by atoms with Gasteiger partial charge in [-0.3, -0.25) is 14.6 Å². The van der Waals surface area contributed by atoms with Gasteiger partial charge in [-0.2, -0.15) is 5.10 Å². The van der Waals surface area contributed by atoms with E-state index in [1.54, 1.807) is 24.3 Å². The second-order valence-corrected chi connectivity index (χ2v) is 6.71. The number of carbonyl (C=O) groups is 3. The predicted molar refractivity (Wildman–Crippen MR) is 111 cm³/mol. The molecule has 0 heterocycles. The standard InChI is InChI=1S/C18H20N6O4S/c19-16(26)13-3-1-2-11(8-13)9-22-15(25)10-29-18(23-20)24(21)14-6-4-12(5-7-14)17(27)28/h1-8H,9-10,20-21H2,(H2,19,26)(H,22,25)(H,27,28)/b23-18+. The fourth-order valence-corrected chi connectivity index (χ4v) is 2.94. The lowest BCUT2D eigenvalue weighted by atomic mass is 10.1. The number of thioether (sulfide) groups is 1. The van der Waals surface area contributed by atoms with E-state index in [1.807, 2.05) is 0 Å². The normalized spacial score (nSPS) is 11.0. The average molecular weight is 416 g/mol. The Morgan fingerprint density at radius 1 is 1.10 bits per heavy atom. The number of carbonyl (C=O) groups excluding carboxylic acids is 2. The minimum absolute atomic E-state index is 0.00749. The minimum Gasteiger partial charge on any atom is -0.478 e. The van der Waals surface area contributed by atoms with Gasteiger partial charge in [-0.05, 0) is 42.0 Å². The number of aromatic carboxylic acids is 1. The van der Waals surface area contributed by atoms with Crippen molar-refractivity contribution in [1.82, 2.24) is 5.32 Å². The summed E-state index contributed by atoms with van der Waals surface area (Å²) in [5.41, 5.74) is 6.89. The smallest absolute Gasteiger partial charge is 0.335 e. The number of hydrogen-bond acceptors (Lipinski definition) is 7. The van der Waals surface area contributed by atoms with Crippen molar-refractivity contribution in [2.24, 2.45) is 22.5 Å². The van der Waals surface area contributed by atoms with E-state index >= 15 is 0 Å². The lowest BCUT2D eigenvalue weighted by Crippen LogP contribution is -2.37. The lowest BCUT2D eigenvalue weighted by Gasteiger charge is -2.19. The summed E-state index contributed by atoms with van der Waals surface area (Å²) in [6.07, 6.45) is 0. The largest absolute Gasteiger partial charge is 0.478 e. The number of nitrogens with two attached hydrogens (primary N) is 3. The highest BCUT2D eigenvalue weighted by Gasteiger charge is 2.14. The lowest BCUT2D eigenvalue weighted by molar-refractivity contribution is -0.118. The first kappa shape index (κ1) is 21.7. The van der Waals surface area contributed by atoms with Crippen molar-refractivity contribution in [3.8, 4) is 0 Å². The van der Waals surface area contributed by atoms with Crippen LogP contribution in [-0.2, 0) is 11.3 Å². The molecule has 8 N–H and O–H groups in total. The molecule has 2 aromatic carbocycles. The Bertz CT molecular complexity index is 932. The van der Waals surface area contributed by atoms with Crippen molar-refractivity contribution in [2.75, 3.05) is 10.8 Å². The molecule has 0 bridgehead atoms. The van der Waals surface area contributed by atoms with Crippen molar-refractivity contribution >= 4 is 40.4 Å². The predicted octanol–water partition coefficient (Wildman–Crippen LogP) is 0.443. The highest BCUT2D eigenvalue weighted by Crippen LogP contribution is 2.17. The van der Waals surface area contributed by atoms with E-state index in [-0.39, 0.29) is 28.9 Å². The molecular weight excluding hydrogens is 396 g/mol. The Kier molecular flexibility index (Phi) is 7.57. The van der Waals surface area contributed by atoms with E-state index in [2.05, 4.69) is 10.4 Å². The van der Waals surface area contributed by atoms with Crippen LogP contribution in [0.5, 0.6) is 0 Å². The average Bonchev–Trinajstić information content (AvgIpc) is 2.72. The molecule has 11 heteroatoms. The third kappa shape index (κ3) is 6.23. The van der Waals surface area contributed by atoms with Gasteiger partial charge in [0, 0.05) is 12.1 Å². The first-order valence-corrected chi connectivity index (χ1v) is 9.24. The van der Waals surface area contributed by atoms with E-state index in [1.165, 1.54) is 24.3 Å². The first-order valence-electron chi connectivity index (χ1n) is 8.26. The van der Waals surface area contributed by atoms with Crippen molar-refractivity contribution in [3.63, 3.8) is 0 Å². The van der Waals surface area contributed by atoms with Gasteiger partial charge in [0.1, 0.15) is 0 Å². The zero-order valence-corrected chi connectivity index (χ0v) is 16.1. The molecule has 0 radical (unpaired) electrons. The number of carboxylic acid groups (broad SMARTS) is 1. The van der Waals surface area contributed by atoms with Gasteiger partial charge in [0.05, 0.1) is 17.0 Å². The Labute approximate surface area is 170 Å². The molecule has 0 aliphatic heterocycles. The zero-order chi connectivity index (χ0) is 21.4. The summed E-state index contributed by atoms with van der Waals surface area (Å²) in [4.78, 5) is 34.2. The van der Waals surface area contributed by atoms with E-state index in [0.29, 0.717) is 11.3 Å². The van der Waals surface area contributed by atoms with Crippen LogP contribution in [0.2, 0.25) is 0 Å². The molecule has 0 saturated heterocycles. The molecule has 0 aliphatic carbocycles. The van der Waals surface area contributed by atoms with E-state index < -0.39 is 11.9 Å². The van der Waals surface area contributed by atoms with Crippen molar-refractivity contribution in [3.05, 3.63) is 65.2 Å². The molecule has 29 heavy (non-hydrogen) atoms. The summed E-state index contributed by atoms with van der Waals surface area (Å²) < 4.78 is 0. The number of rotatable bonds is 7. The van der Waals surface area contributed by atoms with Gasteiger partial charge in [0.25, 0.3) is 0 Å². The zero-order valence-electron chi connectivity index (χ0n) is 15.2. The number of amidine groups is 1. The second-order valence-electron chi connectivity index (χ2n) is 5.76. The third-order valence-corrected chi connectivity index (χ3v) is 4.71. The fraction of sp³-hybridized carbons (Fsp3) is 0.111. The molecule has 0 aromatic heterocycles. The molecule has 0 spiro atoms. The van der Waals surface area contributed by atoms with Gasteiger partial charge in [-0.25, -0.2) is 10.6 Å². The summed E-state index contributed by atoms with van der Waals surface area (Å²) in [5.74, 6) is 9.41. The number of carboxylic acids is 1. The number of hydrazine groups is 1. The molecule has 0 atom stereocenters. The van der Waals surface area contributed by atoms with Gasteiger partial charge in [0.15, 0.2) is 0 Å². The van der Waals surface area contributed by atoms with Gasteiger partial charge in [0.2, 0.25) is 17.0 Å². The molecule has 0 aliphatic rings. The van der Waals surface area contributed by atoms with Crippen LogP contribution < -0.4 is 27.7 Å². The van der Waals surface area contributed by atoms with Crippen LogP contribution in [0.3, 0.4) is 0 Å². The van der Waals surface area contributed by atoms with Crippen molar-refractivity contribution < 1.29 is 19.5 Å². The SMILES string of the molecule is N/N=C(/SCC(=O)NCc1cccc(C(N)=O)c1)N(N)c1ccc(C(=O)O)cc1. The Morgan fingerprint density at radius 3 is 2.38 bits per heavy atom. The summed E-state index contributed by atoms with van der Waals surface area (Å²) in [6.45, 7) is 0.221. The number of nitrogens with zero attached hydrogens (tertiary/aromatic N) is 2. The van der Waals surface area contributed by atoms with Gasteiger partial charge in [-0.1, -0.05) is 23.9 Å². The van der Waals surface area contributed by atoms with Crippen LogP contribution in [0.25, 0.3) is 0 Å². The molecule has 0 saturated carbocycles. The van der Waals surface area contributed by atoms with Crippen LogP contribution in [0.4, 0.5) is 5.69 Å². The fourth-order valence-electron chi connectivity index (χ4n) is 2.26. The number of primary amides is 1. The topological polar surface area (TPSA) is 177 Å². The second kappa shape index (κ2) is 10.1. The van der Waals surface area contributed by atoms with Gasteiger partial charge >= 0.3 is 5.97 Å². The number of hydrogen-bond donors (Lipinski definition) is 5. The minimum atomic E-state index is -1.06. The van der Waals surface area contributed by atoms with Crippen LogP contribution in [-0.4, -0.2) is 33.8 Å². The monoisotopic (exact) mass is 416 g/mol. The number of nitrogens with one attached hydrogen (secondary N) is 1. The van der Waals surface area contributed by atoms with Crippen LogP contribution in [0.15, 0.2) is 53.6 Å². The molecule has 2 amide bonds. The quantitative estimate of drug-likeness (QED) is 0.187. The van der Waals surface area contributed by atoms with Crippen molar-refractivity contribution in [2.45, 2.75) is 6.54 Å². The van der Waals surface area contributed by atoms with Gasteiger partial charge < -0.3 is 22.0 Å². The van der Waals surface area contributed by atoms with E-state index in [4.69, 9.17) is 22.5 Å². The molecule has 0 fully saturated rings. The Balaban J connectivity index is 1.89. The Morgan fingerprint density at radius 2 is 1.79 bits per heavy atom. The maximum Gasteiger partial charge on any atom is 0.335 e. The molecule has 152 valence electrons. The van der Waals surface area contributed by atoms with Crippen LogP contribution in [0.1, 0.15) is 26.3 Å². The molecule has 0 unspecified atom stereocenters. The number of anilines is 1. The molecule has 10 nitrogen and oxygen atoms in total. The summed E-state index contributed by atoms with van der Waals surface area (Å²) >= 11 is 1.01. The maximum atomic E-state index is 12.1. The van der Waals surface area contributed by atoms with E-state index in [9.17, 15) is 14.4 Å². The highest BCUT2D eigenvalue weighted by atomic mass is 32.2. The summed E-state index contributed by atoms with van der Waals surface area (Å²) in [5, 5.41) is 16.5. The highest BCUT2D eigenvalue weighted by molar-refractivity contribution is 8.14. The van der Waals surface area contributed by atoms with Crippen LogP contribution in [0, 0.1) is 0 Å². The van der Waals surface area contributed by atoms with E-state index in [0.717, 1.165) is 22.3 Å². The molecule has 2 aromatic rings. The summed E-state index contributed by atoms with van der Waals surface area (Å²) in [7, 11) is 0. The third-order valence-electron chi connectivity index (χ3n) is 3.74. The van der Waals surface area contributed by atoms with Gasteiger partial charge in [-0.15, -0.1) is 0 Å². The summed E-state index contributed by atoms with van der Waals surface area (Å²) in [6, 6.07) is 12.4.